The number of carbonyl (C=O) groups excluding carboxylic acids is 1. The van der Waals surface area contributed by atoms with E-state index in [9.17, 15) is 4.79 Å². The van der Waals surface area contributed by atoms with Gasteiger partial charge in [0.1, 0.15) is 5.54 Å². The molecule has 2 aromatic carbocycles. The second kappa shape index (κ2) is 5.50. The normalized spacial score (nSPS) is 25.8. The SMILES string of the molecule is COC1CCc2ccccc2C12c1ccccc1CCN2C=O. The molecule has 0 bridgehead atoms. The Bertz CT molecular complexity index is 700. The topological polar surface area (TPSA) is 29.5 Å². The second-order valence-corrected chi connectivity index (χ2v) is 6.39. The molecule has 118 valence electrons. The third-order valence-corrected chi connectivity index (χ3v) is 5.48. The minimum atomic E-state index is -0.500. The predicted octanol–water partition coefficient (Wildman–Crippen LogP) is 2.91. The maximum atomic E-state index is 12.0. The molecular formula is C20H21NO2. The van der Waals surface area contributed by atoms with Crippen molar-refractivity contribution in [3.05, 3.63) is 70.8 Å². The van der Waals surface area contributed by atoms with E-state index in [-0.39, 0.29) is 6.10 Å². The minimum absolute atomic E-state index is 0.0240. The summed E-state index contributed by atoms with van der Waals surface area (Å²) in [6, 6.07) is 17.0. The van der Waals surface area contributed by atoms with Gasteiger partial charge in [0.05, 0.1) is 6.10 Å². The predicted molar refractivity (Wildman–Crippen MR) is 89.3 cm³/mol. The molecule has 0 N–H and O–H groups in total. The highest BCUT2D eigenvalue weighted by Crippen LogP contribution is 2.49. The maximum Gasteiger partial charge on any atom is 0.210 e. The molecule has 1 aliphatic heterocycles. The van der Waals surface area contributed by atoms with E-state index in [1.165, 1.54) is 22.3 Å². The highest BCUT2D eigenvalue weighted by atomic mass is 16.5. The Morgan fingerprint density at radius 3 is 2.26 bits per heavy atom. The lowest BCUT2D eigenvalue weighted by Gasteiger charge is -2.53. The third kappa shape index (κ3) is 1.89. The summed E-state index contributed by atoms with van der Waals surface area (Å²) in [5.41, 5.74) is 4.59. The molecule has 0 radical (unpaired) electrons. The Labute approximate surface area is 136 Å². The van der Waals surface area contributed by atoms with Gasteiger partial charge >= 0.3 is 0 Å². The largest absolute Gasteiger partial charge is 0.378 e. The van der Waals surface area contributed by atoms with Crippen LogP contribution < -0.4 is 0 Å². The zero-order valence-corrected chi connectivity index (χ0v) is 13.4. The Kier molecular flexibility index (Phi) is 3.46. The lowest BCUT2D eigenvalue weighted by atomic mass is 9.66. The van der Waals surface area contributed by atoms with Crippen LogP contribution in [-0.2, 0) is 27.9 Å². The van der Waals surface area contributed by atoms with Gasteiger partial charge in [0.15, 0.2) is 0 Å². The first-order valence-electron chi connectivity index (χ1n) is 8.24. The van der Waals surface area contributed by atoms with Crippen molar-refractivity contribution in [3.63, 3.8) is 0 Å². The molecule has 0 saturated carbocycles. The van der Waals surface area contributed by atoms with Crippen LogP contribution in [0.15, 0.2) is 48.5 Å². The van der Waals surface area contributed by atoms with E-state index in [0.717, 1.165) is 32.2 Å². The van der Waals surface area contributed by atoms with Gasteiger partial charge in [-0.05, 0) is 41.5 Å². The van der Waals surface area contributed by atoms with Gasteiger partial charge in [-0.25, -0.2) is 0 Å². The van der Waals surface area contributed by atoms with Crippen molar-refractivity contribution in [2.24, 2.45) is 0 Å². The van der Waals surface area contributed by atoms with Gasteiger partial charge in [-0.15, -0.1) is 0 Å². The summed E-state index contributed by atoms with van der Waals surface area (Å²) in [7, 11) is 1.76. The van der Waals surface area contributed by atoms with Gasteiger partial charge in [0.25, 0.3) is 0 Å². The van der Waals surface area contributed by atoms with Crippen molar-refractivity contribution >= 4 is 6.41 Å². The number of rotatable bonds is 2. The van der Waals surface area contributed by atoms with Crippen molar-refractivity contribution in [1.82, 2.24) is 4.90 Å². The molecule has 3 nitrogen and oxygen atoms in total. The van der Waals surface area contributed by atoms with Crippen LogP contribution >= 0.6 is 0 Å². The van der Waals surface area contributed by atoms with Crippen molar-refractivity contribution in [2.45, 2.75) is 30.9 Å². The summed E-state index contributed by atoms with van der Waals surface area (Å²) in [4.78, 5) is 13.9. The summed E-state index contributed by atoms with van der Waals surface area (Å²) in [5, 5.41) is 0. The monoisotopic (exact) mass is 307 g/mol. The van der Waals surface area contributed by atoms with Gasteiger partial charge in [-0.1, -0.05) is 48.5 Å². The summed E-state index contributed by atoms with van der Waals surface area (Å²) in [6.45, 7) is 0.731. The molecule has 1 aliphatic carbocycles. The third-order valence-electron chi connectivity index (χ3n) is 5.48. The van der Waals surface area contributed by atoms with Crippen LogP contribution in [0, 0.1) is 0 Å². The van der Waals surface area contributed by atoms with Crippen molar-refractivity contribution in [3.8, 4) is 0 Å². The molecule has 0 aromatic heterocycles. The number of hydrogen-bond acceptors (Lipinski definition) is 2. The van der Waals surface area contributed by atoms with Crippen LogP contribution in [0.3, 0.4) is 0 Å². The van der Waals surface area contributed by atoms with E-state index in [1.54, 1.807) is 7.11 Å². The van der Waals surface area contributed by atoms with E-state index in [0.29, 0.717) is 0 Å². The van der Waals surface area contributed by atoms with Crippen LogP contribution in [0.4, 0.5) is 0 Å². The molecule has 2 aliphatic rings. The number of fused-ring (bicyclic) bond motifs is 4. The Hall–Kier alpha value is -2.13. The van der Waals surface area contributed by atoms with Crippen molar-refractivity contribution < 1.29 is 9.53 Å². The molecule has 2 atom stereocenters. The smallest absolute Gasteiger partial charge is 0.210 e. The number of carbonyl (C=O) groups is 1. The van der Waals surface area contributed by atoms with Crippen LogP contribution in [0.2, 0.25) is 0 Å². The Morgan fingerprint density at radius 2 is 1.65 bits per heavy atom. The van der Waals surface area contributed by atoms with E-state index >= 15 is 0 Å². The molecule has 0 fully saturated rings. The van der Waals surface area contributed by atoms with E-state index < -0.39 is 5.54 Å². The summed E-state index contributed by atoms with van der Waals surface area (Å²) >= 11 is 0. The Balaban J connectivity index is 2.07. The van der Waals surface area contributed by atoms with E-state index in [2.05, 4.69) is 48.5 Å². The lowest BCUT2D eigenvalue weighted by Crippen LogP contribution is -2.60. The molecule has 23 heavy (non-hydrogen) atoms. The molecule has 4 rings (SSSR count). The molecule has 1 amide bonds. The molecule has 3 heteroatoms. The van der Waals surface area contributed by atoms with Crippen LogP contribution in [0.1, 0.15) is 28.7 Å². The van der Waals surface area contributed by atoms with Crippen LogP contribution in [-0.4, -0.2) is 31.1 Å². The fourth-order valence-corrected chi connectivity index (χ4v) is 4.54. The zero-order chi connectivity index (χ0) is 15.9. The second-order valence-electron chi connectivity index (χ2n) is 6.39. The number of benzene rings is 2. The van der Waals surface area contributed by atoms with Gasteiger partial charge in [0.2, 0.25) is 6.41 Å². The molecular weight excluding hydrogens is 286 g/mol. The van der Waals surface area contributed by atoms with E-state index in [1.807, 2.05) is 4.90 Å². The molecule has 1 heterocycles. The lowest BCUT2D eigenvalue weighted by molar-refractivity contribution is -0.131. The number of ether oxygens (including phenoxy) is 1. The van der Waals surface area contributed by atoms with Gasteiger partial charge in [0, 0.05) is 13.7 Å². The van der Waals surface area contributed by atoms with Crippen molar-refractivity contribution in [1.29, 1.82) is 0 Å². The highest BCUT2D eigenvalue weighted by Gasteiger charge is 2.52. The average Bonchev–Trinajstić information content (AvgIpc) is 2.62. The fourth-order valence-electron chi connectivity index (χ4n) is 4.54. The van der Waals surface area contributed by atoms with Gasteiger partial charge in [-0.3, -0.25) is 4.79 Å². The molecule has 2 unspecified atom stereocenters. The zero-order valence-electron chi connectivity index (χ0n) is 13.4. The Morgan fingerprint density at radius 1 is 1.04 bits per heavy atom. The fraction of sp³-hybridized carbons (Fsp3) is 0.350. The van der Waals surface area contributed by atoms with E-state index in [4.69, 9.17) is 4.74 Å². The standard InChI is InChI=1S/C20H21NO2/c1-23-19-11-10-15-6-2-4-8-17(15)20(19)18-9-5-3-7-16(18)12-13-21(20)14-22/h2-9,14,19H,10-13H2,1H3. The summed E-state index contributed by atoms with van der Waals surface area (Å²) < 4.78 is 5.93. The number of hydrogen-bond donors (Lipinski definition) is 0. The first-order chi connectivity index (χ1) is 11.3. The summed E-state index contributed by atoms with van der Waals surface area (Å²) in [5.74, 6) is 0. The number of nitrogens with zero attached hydrogens (tertiary/aromatic N) is 1. The molecule has 1 spiro atoms. The quantitative estimate of drug-likeness (QED) is 0.799. The van der Waals surface area contributed by atoms with Crippen molar-refractivity contribution in [2.75, 3.05) is 13.7 Å². The van der Waals surface area contributed by atoms with Crippen LogP contribution in [0.5, 0.6) is 0 Å². The van der Waals surface area contributed by atoms with Crippen LogP contribution in [0.25, 0.3) is 0 Å². The average molecular weight is 307 g/mol. The minimum Gasteiger partial charge on any atom is -0.378 e. The molecule has 0 saturated heterocycles. The first kappa shape index (κ1) is 14.5. The molecule has 2 aromatic rings. The highest BCUT2D eigenvalue weighted by molar-refractivity contribution is 5.60. The number of aryl methyl sites for hydroxylation is 1. The maximum absolute atomic E-state index is 12.0. The first-order valence-corrected chi connectivity index (χ1v) is 8.24. The number of amides is 1. The van der Waals surface area contributed by atoms with Gasteiger partial charge < -0.3 is 9.64 Å². The van der Waals surface area contributed by atoms with Gasteiger partial charge in [-0.2, -0.15) is 0 Å². The summed E-state index contributed by atoms with van der Waals surface area (Å²) in [6.07, 6.45) is 3.79. The number of methoxy groups -OCH3 is 1.